The first-order chi connectivity index (χ1) is 9.31. The van der Waals surface area contributed by atoms with Crippen molar-refractivity contribution >= 4 is 34.8 Å². The Hall–Kier alpha value is 0.0900. The highest BCUT2D eigenvalue weighted by Gasteiger charge is 2.38. The van der Waals surface area contributed by atoms with Gasteiger partial charge in [-0.15, -0.1) is 11.6 Å². The molecule has 3 unspecified atom stereocenters. The molecule has 0 spiro atoms. The standard InChI is InChI=1S/C17H23Cl3/c1-11-7-8-13(15(19)9-11)17(2,3)10-12-5-4-6-14(18)16(12)20/h4-6,11,13,15H,7-10H2,1-3H3. The average Bonchev–Trinajstić information content (AvgIpc) is 2.34. The highest BCUT2D eigenvalue weighted by molar-refractivity contribution is 6.42. The van der Waals surface area contributed by atoms with Gasteiger partial charge in [0.05, 0.1) is 10.0 Å². The molecule has 1 aliphatic carbocycles. The topological polar surface area (TPSA) is 0 Å². The van der Waals surface area contributed by atoms with Crippen LogP contribution in [-0.4, -0.2) is 5.38 Å². The van der Waals surface area contributed by atoms with Crippen LogP contribution in [0, 0.1) is 17.3 Å². The third-order valence-electron chi connectivity index (χ3n) is 4.72. The van der Waals surface area contributed by atoms with Gasteiger partial charge in [-0.3, -0.25) is 0 Å². The van der Waals surface area contributed by atoms with Gasteiger partial charge in [0.15, 0.2) is 0 Å². The minimum absolute atomic E-state index is 0.140. The minimum atomic E-state index is 0.140. The summed E-state index contributed by atoms with van der Waals surface area (Å²) in [7, 11) is 0. The number of rotatable bonds is 3. The molecule has 2 rings (SSSR count). The molecule has 0 N–H and O–H groups in total. The summed E-state index contributed by atoms with van der Waals surface area (Å²) >= 11 is 19.1. The third-order valence-corrected chi connectivity index (χ3v) is 6.06. The Balaban J connectivity index is 2.16. The van der Waals surface area contributed by atoms with Gasteiger partial charge >= 0.3 is 0 Å². The van der Waals surface area contributed by atoms with E-state index in [2.05, 4.69) is 26.8 Å². The van der Waals surface area contributed by atoms with Crippen LogP contribution in [-0.2, 0) is 6.42 Å². The van der Waals surface area contributed by atoms with Crippen molar-refractivity contribution in [2.45, 2.75) is 51.8 Å². The van der Waals surface area contributed by atoms with E-state index in [1.807, 2.05) is 12.1 Å². The van der Waals surface area contributed by atoms with Crippen molar-refractivity contribution in [1.82, 2.24) is 0 Å². The van der Waals surface area contributed by atoms with Gasteiger partial charge in [0.2, 0.25) is 0 Å². The van der Waals surface area contributed by atoms with E-state index in [0.717, 1.165) is 24.3 Å². The molecule has 3 heteroatoms. The predicted molar refractivity (Wildman–Crippen MR) is 90.1 cm³/mol. The van der Waals surface area contributed by atoms with Crippen LogP contribution in [0.3, 0.4) is 0 Å². The molecule has 3 atom stereocenters. The number of alkyl halides is 1. The monoisotopic (exact) mass is 332 g/mol. The van der Waals surface area contributed by atoms with Crippen LogP contribution in [0.2, 0.25) is 10.0 Å². The lowest BCUT2D eigenvalue weighted by molar-refractivity contribution is 0.142. The number of hydrogen-bond donors (Lipinski definition) is 0. The van der Waals surface area contributed by atoms with Crippen LogP contribution in [0.25, 0.3) is 0 Å². The second-order valence-corrected chi connectivity index (χ2v) is 8.26. The van der Waals surface area contributed by atoms with Crippen LogP contribution in [0.4, 0.5) is 0 Å². The maximum Gasteiger partial charge on any atom is 0.0624 e. The van der Waals surface area contributed by atoms with E-state index in [1.54, 1.807) is 0 Å². The second-order valence-electron chi connectivity index (χ2n) is 6.92. The summed E-state index contributed by atoms with van der Waals surface area (Å²) in [6.07, 6.45) is 4.54. The predicted octanol–water partition coefficient (Wildman–Crippen LogP) is 6.61. The lowest BCUT2D eigenvalue weighted by atomic mass is 9.66. The lowest BCUT2D eigenvalue weighted by Gasteiger charge is -2.42. The van der Waals surface area contributed by atoms with Crippen molar-refractivity contribution in [2.75, 3.05) is 0 Å². The molecular formula is C17H23Cl3. The lowest BCUT2D eigenvalue weighted by Crippen LogP contribution is -2.37. The number of benzene rings is 1. The van der Waals surface area contributed by atoms with E-state index in [0.29, 0.717) is 16.0 Å². The first kappa shape index (κ1) is 16.5. The number of hydrogen-bond acceptors (Lipinski definition) is 0. The van der Waals surface area contributed by atoms with Crippen LogP contribution in [0.5, 0.6) is 0 Å². The van der Waals surface area contributed by atoms with Gasteiger partial charge < -0.3 is 0 Å². The molecule has 1 aromatic carbocycles. The van der Waals surface area contributed by atoms with Gasteiger partial charge in [-0.25, -0.2) is 0 Å². The quantitative estimate of drug-likeness (QED) is 0.546. The van der Waals surface area contributed by atoms with Crippen molar-refractivity contribution in [3.05, 3.63) is 33.8 Å². The van der Waals surface area contributed by atoms with Gasteiger partial charge in [-0.2, -0.15) is 0 Å². The Kier molecular flexibility index (Phi) is 5.32. The molecule has 0 aliphatic heterocycles. The Morgan fingerprint density at radius 2 is 1.90 bits per heavy atom. The summed E-state index contributed by atoms with van der Waals surface area (Å²) in [6, 6.07) is 5.89. The molecule has 0 bridgehead atoms. The molecule has 0 saturated heterocycles. The maximum absolute atomic E-state index is 6.64. The molecule has 1 aliphatic rings. The second kappa shape index (κ2) is 6.46. The molecular weight excluding hydrogens is 311 g/mol. The summed E-state index contributed by atoms with van der Waals surface area (Å²) in [6.45, 7) is 6.91. The van der Waals surface area contributed by atoms with Gasteiger partial charge in [0, 0.05) is 5.38 Å². The molecule has 20 heavy (non-hydrogen) atoms. The SMILES string of the molecule is CC1CCC(C(C)(C)Cc2cccc(Cl)c2Cl)C(Cl)C1. The van der Waals surface area contributed by atoms with E-state index < -0.39 is 0 Å². The summed E-state index contributed by atoms with van der Waals surface area (Å²) in [5, 5.41) is 1.60. The molecule has 112 valence electrons. The zero-order valence-electron chi connectivity index (χ0n) is 12.4. The molecule has 0 heterocycles. The maximum atomic E-state index is 6.64. The zero-order valence-corrected chi connectivity index (χ0v) is 14.7. The van der Waals surface area contributed by atoms with E-state index in [4.69, 9.17) is 34.8 Å². The first-order valence-electron chi connectivity index (χ1n) is 7.38. The molecule has 0 aromatic heterocycles. The molecule has 1 fully saturated rings. The van der Waals surface area contributed by atoms with Crippen LogP contribution >= 0.6 is 34.8 Å². The molecule has 0 nitrogen and oxygen atoms in total. The fourth-order valence-corrected chi connectivity index (χ4v) is 4.66. The minimum Gasteiger partial charge on any atom is -0.123 e. The highest BCUT2D eigenvalue weighted by atomic mass is 35.5. The van der Waals surface area contributed by atoms with E-state index in [9.17, 15) is 0 Å². The molecule has 1 aromatic rings. The summed E-state index contributed by atoms with van der Waals surface area (Å²) in [5.74, 6) is 1.29. The zero-order chi connectivity index (χ0) is 14.9. The summed E-state index contributed by atoms with van der Waals surface area (Å²) < 4.78 is 0. The van der Waals surface area contributed by atoms with Crippen molar-refractivity contribution in [2.24, 2.45) is 17.3 Å². The Morgan fingerprint density at radius 3 is 2.55 bits per heavy atom. The Bertz CT molecular complexity index is 467. The molecule has 0 radical (unpaired) electrons. The highest BCUT2D eigenvalue weighted by Crippen LogP contribution is 2.45. The Labute approximate surface area is 137 Å². The van der Waals surface area contributed by atoms with Crippen molar-refractivity contribution in [3.8, 4) is 0 Å². The smallest absolute Gasteiger partial charge is 0.0624 e. The average molecular weight is 334 g/mol. The van der Waals surface area contributed by atoms with Crippen LogP contribution in [0.1, 0.15) is 45.6 Å². The third kappa shape index (κ3) is 3.64. The van der Waals surface area contributed by atoms with Gasteiger partial charge in [-0.1, -0.05) is 62.5 Å². The van der Waals surface area contributed by atoms with Crippen molar-refractivity contribution < 1.29 is 0 Å². The van der Waals surface area contributed by atoms with E-state index in [1.165, 1.54) is 12.8 Å². The van der Waals surface area contributed by atoms with Crippen molar-refractivity contribution in [1.29, 1.82) is 0 Å². The van der Waals surface area contributed by atoms with Crippen molar-refractivity contribution in [3.63, 3.8) is 0 Å². The van der Waals surface area contributed by atoms with Gasteiger partial charge in [0.1, 0.15) is 0 Å². The van der Waals surface area contributed by atoms with Gasteiger partial charge in [-0.05, 0) is 48.1 Å². The first-order valence-corrected chi connectivity index (χ1v) is 8.57. The summed E-state index contributed by atoms with van der Waals surface area (Å²) in [5.41, 5.74) is 1.27. The van der Waals surface area contributed by atoms with Gasteiger partial charge in [0.25, 0.3) is 0 Å². The van der Waals surface area contributed by atoms with Crippen LogP contribution in [0.15, 0.2) is 18.2 Å². The molecule has 1 saturated carbocycles. The van der Waals surface area contributed by atoms with E-state index >= 15 is 0 Å². The summed E-state index contributed by atoms with van der Waals surface area (Å²) in [4.78, 5) is 0. The van der Waals surface area contributed by atoms with Crippen LogP contribution < -0.4 is 0 Å². The Morgan fingerprint density at radius 1 is 1.20 bits per heavy atom. The normalized spacial score (nSPS) is 27.6. The van der Waals surface area contributed by atoms with E-state index in [-0.39, 0.29) is 10.8 Å². The fourth-order valence-electron chi connectivity index (χ4n) is 3.50. The molecule has 0 amide bonds. The largest absolute Gasteiger partial charge is 0.123 e. The number of halogens is 3. The fraction of sp³-hybridized carbons (Fsp3) is 0.647.